The molecule has 2 aromatic carbocycles. The molecule has 2 amide bonds. The van der Waals surface area contributed by atoms with Crippen molar-refractivity contribution in [2.45, 2.75) is 19.6 Å². The van der Waals surface area contributed by atoms with E-state index in [0.717, 1.165) is 12.1 Å². The Hall–Kier alpha value is -3.27. The SMILES string of the molecule is CCOc1cc(C(=O)NCc2cccc(C(F)(F)F)c2)ccc1OCC(=O)N1CCOCC1. The third-order valence-electron chi connectivity index (χ3n) is 4.93. The Bertz CT molecular complexity index is 975. The molecule has 0 unspecified atom stereocenters. The summed E-state index contributed by atoms with van der Waals surface area (Å²) in [5.74, 6) is -0.0557. The van der Waals surface area contributed by atoms with Gasteiger partial charge in [0.15, 0.2) is 18.1 Å². The fourth-order valence-corrected chi connectivity index (χ4v) is 3.22. The third kappa shape index (κ3) is 6.85. The molecule has 0 aromatic heterocycles. The quantitative estimate of drug-likeness (QED) is 0.646. The molecule has 3 rings (SSSR count). The maximum Gasteiger partial charge on any atom is 0.416 e. The molecule has 0 bridgehead atoms. The Kier molecular flexibility index (Phi) is 8.16. The number of morpholine rings is 1. The Morgan fingerprint density at radius 1 is 1.06 bits per heavy atom. The smallest absolute Gasteiger partial charge is 0.416 e. The first kappa shape index (κ1) is 24.4. The van der Waals surface area contributed by atoms with Crippen molar-refractivity contribution in [3.8, 4) is 11.5 Å². The van der Waals surface area contributed by atoms with E-state index < -0.39 is 17.6 Å². The minimum absolute atomic E-state index is 0.0704. The highest BCUT2D eigenvalue weighted by atomic mass is 19.4. The zero-order chi connectivity index (χ0) is 23.8. The molecule has 0 spiro atoms. The van der Waals surface area contributed by atoms with Crippen LogP contribution in [0.4, 0.5) is 13.2 Å². The van der Waals surface area contributed by atoms with Crippen LogP contribution >= 0.6 is 0 Å². The second-order valence-electron chi connectivity index (χ2n) is 7.26. The standard InChI is InChI=1S/C23H25F3N2O5/c1-2-32-20-13-17(6-7-19(20)33-15-21(29)28-8-10-31-11-9-28)22(30)27-14-16-4-3-5-18(12-16)23(24,25)26/h3-7,12-13H,2,8-11,14-15H2,1H3,(H,27,30). The van der Waals surface area contributed by atoms with Gasteiger partial charge in [0, 0.05) is 25.2 Å². The molecule has 0 aliphatic carbocycles. The van der Waals surface area contributed by atoms with Crippen LogP contribution < -0.4 is 14.8 Å². The van der Waals surface area contributed by atoms with Crippen molar-refractivity contribution in [3.63, 3.8) is 0 Å². The second-order valence-corrected chi connectivity index (χ2v) is 7.26. The molecule has 10 heteroatoms. The lowest BCUT2D eigenvalue weighted by Gasteiger charge is -2.26. The highest BCUT2D eigenvalue weighted by Gasteiger charge is 2.30. The Morgan fingerprint density at radius 2 is 1.82 bits per heavy atom. The van der Waals surface area contributed by atoms with E-state index in [1.54, 1.807) is 11.8 Å². The molecule has 0 atom stereocenters. The summed E-state index contributed by atoms with van der Waals surface area (Å²) in [5.41, 5.74) is -0.205. The minimum atomic E-state index is -4.45. The fourth-order valence-electron chi connectivity index (χ4n) is 3.22. The van der Waals surface area contributed by atoms with E-state index in [1.165, 1.54) is 30.3 Å². The number of hydrogen-bond acceptors (Lipinski definition) is 5. The maximum atomic E-state index is 12.9. The van der Waals surface area contributed by atoms with Crippen molar-refractivity contribution in [1.29, 1.82) is 0 Å². The highest BCUT2D eigenvalue weighted by Crippen LogP contribution is 2.30. The summed E-state index contributed by atoms with van der Waals surface area (Å²) < 4.78 is 55.0. The van der Waals surface area contributed by atoms with Gasteiger partial charge < -0.3 is 24.4 Å². The largest absolute Gasteiger partial charge is 0.490 e. The van der Waals surface area contributed by atoms with Gasteiger partial charge in [0.1, 0.15) is 0 Å². The number of carbonyl (C=O) groups is 2. The number of hydrogen-bond donors (Lipinski definition) is 1. The predicted octanol–water partition coefficient (Wildman–Crippen LogP) is 3.27. The molecule has 7 nitrogen and oxygen atoms in total. The lowest BCUT2D eigenvalue weighted by molar-refractivity contribution is -0.138. The molecule has 178 valence electrons. The summed E-state index contributed by atoms with van der Waals surface area (Å²) in [6.07, 6.45) is -4.45. The first-order valence-corrected chi connectivity index (χ1v) is 10.5. The maximum absolute atomic E-state index is 12.9. The lowest BCUT2D eigenvalue weighted by Crippen LogP contribution is -2.43. The van der Waals surface area contributed by atoms with Crippen LogP contribution in [-0.4, -0.2) is 56.2 Å². The van der Waals surface area contributed by atoms with Gasteiger partial charge in [0.2, 0.25) is 0 Å². The van der Waals surface area contributed by atoms with E-state index in [2.05, 4.69) is 5.32 Å². The second kappa shape index (κ2) is 11.0. The molecule has 1 heterocycles. The molecule has 33 heavy (non-hydrogen) atoms. The van der Waals surface area contributed by atoms with Crippen molar-refractivity contribution in [1.82, 2.24) is 10.2 Å². The van der Waals surface area contributed by atoms with Gasteiger partial charge in [-0.15, -0.1) is 0 Å². The van der Waals surface area contributed by atoms with E-state index >= 15 is 0 Å². The Balaban J connectivity index is 1.62. The molecular formula is C23H25F3N2O5. The van der Waals surface area contributed by atoms with Crippen LogP contribution in [-0.2, 0) is 22.3 Å². The van der Waals surface area contributed by atoms with Crippen LogP contribution in [0.15, 0.2) is 42.5 Å². The summed E-state index contributed by atoms with van der Waals surface area (Å²) in [5, 5.41) is 2.60. The van der Waals surface area contributed by atoms with E-state index in [4.69, 9.17) is 14.2 Å². The van der Waals surface area contributed by atoms with Crippen molar-refractivity contribution in [2.24, 2.45) is 0 Å². The Morgan fingerprint density at radius 3 is 2.52 bits per heavy atom. The monoisotopic (exact) mass is 466 g/mol. The van der Waals surface area contributed by atoms with Gasteiger partial charge in [0.25, 0.3) is 11.8 Å². The minimum Gasteiger partial charge on any atom is -0.490 e. The lowest BCUT2D eigenvalue weighted by atomic mass is 10.1. The number of rotatable bonds is 8. The normalized spacial score (nSPS) is 14.0. The summed E-state index contributed by atoms with van der Waals surface area (Å²) in [6, 6.07) is 9.26. The third-order valence-corrected chi connectivity index (χ3v) is 4.93. The highest BCUT2D eigenvalue weighted by molar-refractivity contribution is 5.94. The zero-order valence-corrected chi connectivity index (χ0v) is 18.1. The number of nitrogens with zero attached hydrogens (tertiary/aromatic N) is 1. The zero-order valence-electron chi connectivity index (χ0n) is 18.1. The van der Waals surface area contributed by atoms with Crippen molar-refractivity contribution in [2.75, 3.05) is 39.5 Å². The molecule has 2 aromatic rings. The summed E-state index contributed by atoms with van der Waals surface area (Å²) in [4.78, 5) is 26.5. The number of ether oxygens (including phenoxy) is 3. The molecule has 1 saturated heterocycles. The van der Waals surface area contributed by atoms with Crippen LogP contribution in [0.3, 0.4) is 0 Å². The van der Waals surface area contributed by atoms with Gasteiger partial charge in [-0.1, -0.05) is 12.1 Å². The molecular weight excluding hydrogens is 441 g/mol. The molecule has 0 radical (unpaired) electrons. The molecule has 0 saturated carbocycles. The predicted molar refractivity (Wildman–Crippen MR) is 113 cm³/mol. The van der Waals surface area contributed by atoms with Crippen LogP contribution in [0.2, 0.25) is 0 Å². The van der Waals surface area contributed by atoms with E-state index in [1.807, 2.05) is 0 Å². The van der Waals surface area contributed by atoms with Gasteiger partial charge in [-0.3, -0.25) is 9.59 Å². The first-order chi connectivity index (χ1) is 15.8. The van der Waals surface area contributed by atoms with Gasteiger partial charge in [-0.2, -0.15) is 13.2 Å². The van der Waals surface area contributed by atoms with Gasteiger partial charge in [-0.05, 0) is 42.8 Å². The fraction of sp³-hybridized carbons (Fsp3) is 0.391. The van der Waals surface area contributed by atoms with E-state index in [0.29, 0.717) is 50.0 Å². The molecule has 1 aliphatic rings. The van der Waals surface area contributed by atoms with E-state index in [9.17, 15) is 22.8 Å². The average molecular weight is 466 g/mol. The van der Waals surface area contributed by atoms with Gasteiger partial charge in [0.05, 0.1) is 25.4 Å². The topological polar surface area (TPSA) is 77.1 Å². The van der Waals surface area contributed by atoms with Crippen molar-refractivity contribution in [3.05, 3.63) is 59.2 Å². The van der Waals surface area contributed by atoms with Crippen LogP contribution in [0.5, 0.6) is 11.5 Å². The number of carbonyl (C=O) groups excluding carboxylic acids is 2. The molecule has 1 aliphatic heterocycles. The van der Waals surface area contributed by atoms with Crippen molar-refractivity contribution < 1.29 is 37.0 Å². The summed E-state index contributed by atoms with van der Waals surface area (Å²) >= 11 is 0. The molecule has 1 N–H and O–H groups in total. The number of amides is 2. The number of benzene rings is 2. The average Bonchev–Trinajstić information content (AvgIpc) is 2.82. The Labute approximate surface area is 189 Å². The van der Waals surface area contributed by atoms with Crippen LogP contribution in [0.25, 0.3) is 0 Å². The number of alkyl halides is 3. The van der Waals surface area contributed by atoms with Crippen LogP contribution in [0, 0.1) is 0 Å². The number of halogens is 3. The van der Waals surface area contributed by atoms with E-state index in [-0.39, 0.29) is 24.6 Å². The number of nitrogens with one attached hydrogen (secondary N) is 1. The van der Waals surface area contributed by atoms with Crippen LogP contribution in [0.1, 0.15) is 28.4 Å². The first-order valence-electron chi connectivity index (χ1n) is 10.5. The van der Waals surface area contributed by atoms with Gasteiger partial charge >= 0.3 is 6.18 Å². The van der Waals surface area contributed by atoms with Crippen molar-refractivity contribution >= 4 is 11.8 Å². The molecule has 1 fully saturated rings. The van der Waals surface area contributed by atoms with Gasteiger partial charge in [-0.25, -0.2) is 0 Å². The summed E-state index contributed by atoms with van der Waals surface area (Å²) in [6.45, 7) is 3.81. The summed E-state index contributed by atoms with van der Waals surface area (Å²) in [7, 11) is 0.